The van der Waals surface area contributed by atoms with Crippen LogP contribution in [-0.2, 0) is 27.9 Å². The topological polar surface area (TPSA) is 82.1 Å². The number of nitrogens with zero attached hydrogens (tertiary/aromatic N) is 1. The molecule has 1 rings (SSSR count). The lowest BCUT2D eigenvalue weighted by Gasteiger charge is -2.31. The van der Waals surface area contributed by atoms with Crippen molar-refractivity contribution in [1.29, 1.82) is 0 Å². The molecule has 0 bridgehead atoms. The highest BCUT2D eigenvalue weighted by Gasteiger charge is 2.42. The molecule has 0 N–H and O–H groups in total. The third kappa shape index (κ3) is 4.53. The lowest BCUT2D eigenvalue weighted by Crippen LogP contribution is -2.46. The van der Waals surface area contributed by atoms with Crippen molar-refractivity contribution in [2.24, 2.45) is 0 Å². The fourth-order valence-electron chi connectivity index (χ4n) is 2.57. The van der Waals surface area contributed by atoms with Crippen LogP contribution in [0.15, 0.2) is 0 Å². The van der Waals surface area contributed by atoms with Crippen molar-refractivity contribution in [3.05, 3.63) is 0 Å². The fourth-order valence-corrected chi connectivity index (χ4v) is 4.47. The van der Waals surface area contributed by atoms with Crippen LogP contribution in [-0.4, -0.2) is 55.3 Å². The molecule has 122 valence electrons. The van der Waals surface area contributed by atoms with Crippen molar-refractivity contribution in [2.75, 3.05) is 26.5 Å². The molecule has 7 nitrogen and oxygen atoms in total. The second kappa shape index (κ2) is 7.92. The van der Waals surface area contributed by atoms with E-state index < -0.39 is 25.6 Å². The largest absolute Gasteiger partial charge is 0.467 e. The van der Waals surface area contributed by atoms with Gasteiger partial charge in [-0.25, -0.2) is 4.79 Å². The second-order valence-corrected chi connectivity index (χ2v) is 6.96. The van der Waals surface area contributed by atoms with E-state index in [0.29, 0.717) is 6.42 Å². The smallest absolute Gasteiger partial charge is 0.332 e. The Morgan fingerprint density at radius 1 is 1.38 bits per heavy atom. The van der Waals surface area contributed by atoms with Gasteiger partial charge in [0.15, 0.2) is 0 Å². The van der Waals surface area contributed by atoms with Gasteiger partial charge in [-0.2, -0.15) is 0 Å². The van der Waals surface area contributed by atoms with Gasteiger partial charge in [-0.15, -0.1) is 0 Å². The molecule has 1 aliphatic rings. The standard InChI is InChI=1S/C13H24NO6P/c1-5-19-21(17,20-6-2)9-10(3)14-11(13(16)18-4)7-8-12(14)15/h10-11H,5-9H2,1-4H3. The monoisotopic (exact) mass is 321 g/mol. The van der Waals surface area contributed by atoms with Crippen molar-refractivity contribution < 1.29 is 27.9 Å². The van der Waals surface area contributed by atoms with E-state index in [-0.39, 0.29) is 31.7 Å². The number of ether oxygens (including phenoxy) is 1. The summed E-state index contributed by atoms with van der Waals surface area (Å²) in [5, 5.41) is 0. The number of carbonyl (C=O) groups is 2. The van der Waals surface area contributed by atoms with Gasteiger partial charge in [0.1, 0.15) is 6.04 Å². The van der Waals surface area contributed by atoms with Crippen molar-refractivity contribution >= 4 is 19.5 Å². The van der Waals surface area contributed by atoms with Gasteiger partial charge in [-0.05, 0) is 27.2 Å². The number of rotatable bonds is 8. The van der Waals surface area contributed by atoms with E-state index in [4.69, 9.17) is 13.8 Å². The van der Waals surface area contributed by atoms with Crippen LogP contribution in [0.4, 0.5) is 0 Å². The summed E-state index contributed by atoms with van der Waals surface area (Å²) in [5.41, 5.74) is 0. The molecular formula is C13H24NO6P. The summed E-state index contributed by atoms with van der Waals surface area (Å²) in [5.74, 6) is -0.590. The van der Waals surface area contributed by atoms with E-state index >= 15 is 0 Å². The van der Waals surface area contributed by atoms with E-state index in [1.54, 1.807) is 20.8 Å². The summed E-state index contributed by atoms with van der Waals surface area (Å²) >= 11 is 0. The Morgan fingerprint density at radius 3 is 2.43 bits per heavy atom. The first-order valence-electron chi connectivity index (χ1n) is 7.15. The fraction of sp³-hybridized carbons (Fsp3) is 0.846. The van der Waals surface area contributed by atoms with E-state index in [1.807, 2.05) is 0 Å². The molecule has 0 aliphatic carbocycles. The minimum atomic E-state index is -3.27. The SMILES string of the molecule is CCOP(=O)(CC(C)N1C(=O)CCC1C(=O)OC)OCC. The summed E-state index contributed by atoms with van der Waals surface area (Å²) in [6.07, 6.45) is 0.773. The summed E-state index contributed by atoms with van der Waals surface area (Å²) < 4.78 is 27.7. The van der Waals surface area contributed by atoms with Gasteiger partial charge in [-0.1, -0.05) is 0 Å². The molecule has 2 unspecified atom stereocenters. The van der Waals surface area contributed by atoms with Gasteiger partial charge in [0.05, 0.1) is 26.5 Å². The molecule has 1 heterocycles. The molecule has 0 spiro atoms. The highest BCUT2D eigenvalue weighted by Crippen LogP contribution is 2.49. The molecule has 8 heteroatoms. The van der Waals surface area contributed by atoms with Crippen LogP contribution in [0.2, 0.25) is 0 Å². The van der Waals surface area contributed by atoms with Crippen molar-refractivity contribution in [2.45, 2.75) is 45.7 Å². The minimum absolute atomic E-state index is 0.0634. The summed E-state index contributed by atoms with van der Waals surface area (Å²) in [6, 6.07) is -1.04. The normalized spacial score (nSPS) is 20.7. The molecule has 0 aromatic heterocycles. The van der Waals surface area contributed by atoms with Gasteiger partial charge < -0.3 is 18.7 Å². The van der Waals surface area contributed by atoms with Gasteiger partial charge in [-0.3, -0.25) is 9.36 Å². The quantitative estimate of drug-likeness (QED) is 0.501. The van der Waals surface area contributed by atoms with Gasteiger partial charge in [0.25, 0.3) is 0 Å². The second-order valence-electron chi connectivity index (χ2n) is 4.86. The first-order valence-corrected chi connectivity index (χ1v) is 8.88. The predicted molar refractivity (Wildman–Crippen MR) is 77.1 cm³/mol. The molecular weight excluding hydrogens is 297 g/mol. The van der Waals surface area contributed by atoms with Crippen LogP contribution in [0.1, 0.15) is 33.6 Å². The zero-order chi connectivity index (χ0) is 16.0. The van der Waals surface area contributed by atoms with Gasteiger partial charge in [0, 0.05) is 12.5 Å². The molecule has 0 aromatic carbocycles. The third-order valence-corrected chi connectivity index (χ3v) is 5.62. The molecule has 2 atom stereocenters. The van der Waals surface area contributed by atoms with Crippen LogP contribution in [0.3, 0.4) is 0 Å². The number of amides is 1. The summed E-state index contributed by atoms with van der Waals surface area (Å²) in [6.45, 7) is 5.73. The molecule has 1 amide bonds. The van der Waals surface area contributed by atoms with Gasteiger partial charge in [0.2, 0.25) is 5.91 Å². The molecule has 0 radical (unpaired) electrons. The molecule has 0 aromatic rings. The summed E-state index contributed by atoms with van der Waals surface area (Å²) in [7, 11) is -1.97. The third-order valence-electron chi connectivity index (χ3n) is 3.34. The van der Waals surface area contributed by atoms with E-state index in [9.17, 15) is 14.2 Å². The van der Waals surface area contributed by atoms with Crippen molar-refractivity contribution in [3.8, 4) is 0 Å². The maximum Gasteiger partial charge on any atom is 0.332 e. The number of likely N-dealkylation sites (tertiary alicyclic amines) is 1. The number of hydrogen-bond acceptors (Lipinski definition) is 6. The lowest BCUT2D eigenvalue weighted by atomic mass is 10.2. The van der Waals surface area contributed by atoms with Crippen LogP contribution in [0, 0.1) is 0 Å². The molecule has 1 aliphatic heterocycles. The van der Waals surface area contributed by atoms with E-state index in [1.165, 1.54) is 12.0 Å². The van der Waals surface area contributed by atoms with Crippen molar-refractivity contribution in [3.63, 3.8) is 0 Å². The Kier molecular flexibility index (Phi) is 6.84. The number of hydrogen-bond donors (Lipinski definition) is 0. The predicted octanol–water partition coefficient (Wildman–Crippen LogP) is 1.80. The lowest BCUT2D eigenvalue weighted by molar-refractivity contribution is -0.150. The Balaban J connectivity index is 2.84. The van der Waals surface area contributed by atoms with Gasteiger partial charge >= 0.3 is 13.6 Å². The molecule has 0 saturated carbocycles. The number of esters is 1. The average molecular weight is 321 g/mol. The first kappa shape index (κ1) is 18.1. The zero-order valence-electron chi connectivity index (χ0n) is 13.0. The zero-order valence-corrected chi connectivity index (χ0v) is 13.9. The Hall–Kier alpha value is -0.910. The van der Waals surface area contributed by atoms with Crippen LogP contribution >= 0.6 is 7.60 Å². The maximum absolute atomic E-state index is 12.5. The van der Waals surface area contributed by atoms with Crippen LogP contribution in [0.25, 0.3) is 0 Å². The molecule has 21 heavy (non-hydrogen) atoms. The van der Waals surface area contributed by atoms with E-state index in [0.717, 1.165) is 0 Å². The van der Waals surface area contributed by atoms with Crippen LogP contribution in [0.5, 0.6) is 0 Å². The first-order chi connectivity index (χ1) is 9.88. The Labute approximate surface area is 125 Å². The Bertz CT molecular complexity index is 417. The average Bonchev–Trinajstić information content (AvgIpc) is 2.80. The number of methoxy groups -OCH3 is 1. The molecule has 1 fully saturated rings. The maximum atomic E-state index is 12.5. The van der Waals surface area contributed by atoms with E-state index in [2.05, 4.69) is 0 Å². The minimum Gasteiger partial charge on any atom is -0.467 e. The highest BCUT2D eigenvalue weighted by molar-refractivity contribution is 7.53. The number of carbonyl (C=O) groups excluding carboxylic acids is 2. The Morgan fingerprint density at radius 2 is 1.95 bits per heavy atom. The van der Waals surface area contributed by atoms with Crippen molar-refractivity contribution in [1.82, 2.24) is 4.90 Å². The molecule has 1 saturated heterocycles. The van der Waals surface area contributed by atoms with Crippen LogP contribution < -0.4 is 0 Å². The summed E-state index contributed by atoms with van der Waals surface area (Å²) in [4.78, 5) is 25.2. The highest BCUT2D eigenvalue weighted by atomic mass is 31.2.